The maximum atomic E-state index is 10.5. The molecule has 5 atom stereocenters. The Kier molecular flexibility index (Phi) is 2.11. The molecule has 15 heavy (non-hydrogen) atoms. The Morgan fingerprint density at radius 1 is 1.13 bits per heavy atom. The molecule has 3 rings (SSSR count). The maximum Gasteiger partial charge on any atom is 0.327 e. The molecule has 1 N–H and O–H groups in total. The summed E-state index contributed by atoms with van der Waals surface area (Å²) in [5.41, 5.74) is 0. The first-order valence-corrected chi connectivity index (χ1v) is 6.17. The summed E-state index contributed by atoms with van der Waals surface area (Å²) in [4.78, 5) is 10.5. The molecule has 3 fully saturated rings. The van der Waals surface area contributed by atoms with Crippen LogP contribution in [-0.4, -0.2) is 11.1 Å². The van der Waals surface area contributed by atoms with Crippen LogP contribution in [-0.2, 0) is 4.79 Å². The molecule has 2 nitrogen and oxygen atoms in total. The molecule has 0 aromatic heterocycles. The first-order chi connectivity index (χ1) is 7.25. The summed E-state index contributed by atoms with van der Waals surface area (Å²) in [6.07, 6.45) is 10.2. The maximum absolute atomic E-state index is 10.5. The van der Waals surface area contributed by atoms with Crippen LogP contribution in [0.1, 0.15) is 32.1 Å². The molecule has 0 heterocycles. The number of carbonyl (C=O) groups is 1. The van der Waals surface area contributed by atoms with E-state index in [2.05, 4.69) is 0 Å². The Bertz CT molecular complexity index is 308. The molecule has 0 amide bonds. The third kappa shape index (κ3) is 1.42. The van der Waals surface area contributed by atoms with Gasteiger partial charge in [-0.15, -0.1) is 0 Å². The Morgan fingerprint density at radius 3 is 2.73 bits per heavy atom. The highest BCUT2D eigenvalue weighted by molar-refractivity contribution is 5.79. The van der Waals surface area contributed by atoms with E-state index in [0.29, 0.717) is 5.92 Å². The molecule has 0 saturated heterocycles. The lowest BCUT2D eigenvalue weighted by molar-refractivity contribution is -0.131. The number of fused-ring (bicyclic) bond motifs is 5. The highest BCUT2D eigenvalue weighted by atomic mass is 16.4. The van der Waals surface area contributed by atoms with E-state index < -0.39 is 5.97 Å². The third-order valence-corrected chi connectivity index (χ3v) is 4.97. The first kappa shape index (κ1) is 9.44. The van der Waals surface area contributed by atoms with Crippen molar-refractivity contribution in [1.29, 1.82) is 0 Å². The molecule has 3 saturated carbocycles. The molecule has 3 aliphatic carbocycles. The van der Waals surface area contributed by atoms with Crippen molar-refractivity contribution in [2.75, 3.05) is 0 Å². The van der Waals surface area contributed by atoms with Crippen LogP contribution in [0.2, 0.25) is 0 Å². The Labute approximate surface area is 90.4 Å². The smallest absolute Gasteiger partial charge is 0.327 e. The average molecular weight is 206 g/mol. The molecule has 82 valence electrons. The number of hydrogen-bond donors (Lipinski definition) is 1. The quantitative estimate of drug-likeness (QED) is 0.705. The normalized spacial score (nSPS) is 47.6. The molecular formula is C13H18O2. The Morgan fingerprint density at radius 2 is 1.93 bits per heavy atom. The van der Waals surface area contributed by atoms with Gasteiger partial charge in [-0.3, -0.25) is 0 Å². The lowest BCUT2D eigenvalue weighted by Crippen LogP contribution is -2.21. The highest BCUT2D eigenvalue weighted by Gasteiger charge is 2.52. The van der Waals surface area contributed by atoms with Gasteiger partial charge in [0.25, 0.3) is 0 Å². The molecule has 0 spiro atoms. The minimum atomic E-state index is -0.790. The second-order valence-electron chi connectivity index (χ2n) is 5.51. The molecule has 0 aliphatic heterocycles. The average Bonchev–Trinajstić information content (AvgIpc) is 2.87. The summed E-state index contributed by atoms with van der Waals surface area (Å²) in [6.45, 7) is 0. The van der Waals surface area contributed by atoms with Crippen molar-refractivity contribution in [2.24, 2.45) is 29.6 Å². The minimum Gasteiger partial charge on any atom is -0.478 e. The van der Waals surface area contributed by atoms with Crippen molar-refractivity contribution in [1.82, 2.24) is 0 Å². The molecule has 5 unspecified atom stereocenters. The van der Waals surface area contributed by atoms with Crippen LogP contribution in [0.15, 0.2) is 12.2 Å². The molecule has 0 aromatic rings. The molecule has 0 aromatic carbocycles. The molecule has 2 bridgehead atoms. The van der Waals surface area contributed by atoms with E-state index in [1.54, 1.807) is 0 Å². The van der Waals surface area contributed by atoms with Gasteiger partial charge in [-0.25, -0.2) is 4.79 Å². The minimum absolute atomic E-state index is 0.571. The van der Waals surface area contributed by atoms with Gasteiger partial charge < -0.3 is 5.11 Å². The van der Waals surface area contributed by atoms with E-state index in [1.165, 1.54) is 38.2 Å². The van der Waals surface area contributed by atoms with Gasteiger partial charge in [0.1, 0.15) is 0 Å². The fourth-order valence-corrected chi connectivity index (χ4v) is 4.56. The fraction of sp³-hybridized carbons (Fsp3) is 0.769. The molecule has 3 aliphatic rings. The van der Waals surface area contributed by atoms with E-state index in [4.69, 9.17) is 5.11 Å². The van der Waals surface area contributed by atoms with Crippen LogP contribution in [0.25, 0.3) is 0 Å². The number of hydrogen-bond acceptors (Lipinski definition) is 1. The van der Waals surface area contributed by atoms with Crippen molar-refractivity contribution >= 4 is 5.97 Å². The van der Waals surface area contributed by atoms with E-state index in [0.717, 1.165) is 23.7 Å². The zero-order chi connectivity index (χ0) is 10.4. The number of carboxylic acid groups (broad SMARTS) is 1. The SMILES string of the molecule is O=C(O)/C=C/C1CCC2C3CCC(C3)C12. The van der Waals surface area contributed by atoms with Gasteiger partial charge in [0, 0.05) is 6.08 Å². The fourth-order valence-electron chi connectivity index (χ4n) is 4.56. The van der Waals surface area contributed by atoms with Crippen LogP contribution in [0.4, 0.5) is 0 Å². The highest BCUT2D eigenvalue weighted by Crippen LogP contribution is 2.60. The van der Waals surface area contributed by atoms with Crippen molar-refractivity contribution in [3.05, 3.63) is 12.2 Å². The lowest BCUT2D eigenvalue weighted by Gasteiger charge is -2.27. The largest absolute Gasteiger partial charge is 0.478 e. The first-order valence-electron chi connectivity index (χ1n) is 6.17. The monoisotopic (exact) mass is 206 g/mol. The summed E-state index contributed by atoms with van der Waals surface area (Å²) in [7, 11) is 0. The van der Waals surface area contributed by atoms with Gasteiger partial charge in [0.15, 0.2) is 0 Å². The van der Waals surface area contributed by atoms with Crippen molar-refractivity contribution < 1.29 is 9.90 Å². The van der Waals surface area contributed by atoms with E-state index >= 15 is 0 Å². The predicted molar refractivity (Wildman–Crippen MR) is 57.3 cm³/mol. The van der Waals surface area contributed by atoms with Gasteiger partial charge >= 0.3 is 5.97 Å². The predicted octanol–water partition coefficient (Wildman–Crippen LogP) is 2.70. The Hall–Kier alpha value is -0.790. The van der Waals surface area contributed by atoms with E-state index in [-0.39, 0.29) is 0 Å². The summed E-state index contributed by atoms with van der Waals surface area (Å²) in [6, 6.07) is 0. The second-order valence-corrected chi connectivity index (χ2v) is 5.51. The van der Waals surface area contributed by atoms with Crippen molar-refractivity contribution in [3.63, 3.8) is 0 Å². The number of carboxylic acids is 1. The topological polar surface area (TPSA) is 37.3 Å². The van der Waals surface area contributed by atoms with E-state index in [1.807, 2.05) is 6.08 Å². The van der Waals surface area contributed by atoms with Crippen molar-refractivity contribution in [3.8, 4) is 0 Å². The van der Waals surface area contributed by atoms with Gasteiger partial charge in [-0.2, -0.15) is 0 Å². The zero-order valence-corrected chi connectivity index (χ0v) is 8.93. The van der Waals surface area contributed by atoms with Gasteiger partial charge in [0.2, 0.25) is 0 Å². The summed E-state index contributed by atoms with van der Waals surface area (Å²) >= 11 is 0. The lowest BCUT2D eigenvalue weighted by atomic mass is 9.78. The van der Waals surface area contributed by atoms with Crippen LogP contribution in [0.3, 0.4) is 0 Å². The number of aliphatic carboxylic acids is 1. The standard InChI is InChI=1S/C13H18O2/c14-12(15)6-4-8-3-5-11-9-1-2-10(7-9)13(8)11/h4,6,8-11,13H,1-3,5,7H2,(H,14,15)/b6-4+. The number of allylic oxidation sites excluding steroid dienone is 1. The van der Waals surface area contributed by atoms with Gasteiger partial charge in [0.05, 0.1) is 0 Å². The Balaban J connectivity index is 1.75. The zero-order valence-electron chi connectivity index (χ0n) is 8.93. The van der Waals surface area contributed by atoms with E-state index in [9.17, 15) is 4.79 Å². The van der Waals surface area contributed by atoms with Gasteiger partial charge in [-0.1, -0.05) is 6.08 Å². The van der Waals surface area contributed by atoms with Gasteiger partial charge in [-0.05, 0) is 61.7 Å². The summed E-state index contributed by atoms with van der Waals surface area (Å²) in [5, 5.41) is 8.66. The summed E-state index contributed by atoms with van der Waals surface area (Å²) in [5.74, 6) is 3.46. The van der Waals surface area contributed by atoms with Crippen LogP contribution >= 0.6 is 0 Å². The van der Waals surface area contributed by atoms with Crippen LogP contribution in [0.5, 0.6) is 0 Å². The summed E-state index contributed by atoms with van der Waals surface area (Å²) < 4.78 is 0. The molecular weight excluding hydrogens is 188 g/mol. The molecule has 0 radical (unpaired) electrons. The molecule has 2 heteroatoms. The second kappa shape index (κ2) is 3.36. The third-order valence-electron chi connectivity index (χ3n) is 4.97. The van der Waals surface area contributed by atoms with Crippen molar-refractivity contribution in [2.45, 2.75) is 32.1 Å². The van der Waals surface area contributed by atoms with Crippen LogP contribution < -0.4 is 0 Å². The number of rotatable bonds is 2. The van der Waals surface area contributed by atoms with Crippen LogP contribution in [0, 0.1) is 29.6 Å².